The van der Waals surface area contributed by atoms with Crippen LogP contribution in [-0.4, -0.2) is 35.5 Å². The number of hydrogen-bond acceptors (Lipinski definition) is 5. The molecule has 2 atom stereocenters. The fraction of sp³-hybridized carbons (Fsp3) is 0.500. The van der Waals surface area contributed by atoms with Gasteiger partial charge in [-0.3, -0.25) is 0 Å². The number of ether oxygens (including phenoxy) is 2. The summed E-state index contributed by atoms with van der Waals surface area (Å²) in [6, 6.07) is 5.28. The number of hydrogen-bond donors (Lipinski definition) is 2. The summed E-state index contributed by atoms with van der Waals surface area (Å²) in [5, 5.41) is 18.5. The van der Waals surface area contributed by atoms with E-state index in [4.69, 9.17) is 14.6 Å². The van der Waals surface area contributed by atoms with Crippen LogP contribution in [0.5, 0.6) is 5.75 Å². The van der Waals surface area contributed by atoms with Gasteiger partial charge in [-0.15, -0.1) is 0 Å². The van der Waals surface area contributed by atoms with Crippen molar-refractivity contribution in [3.05, 3.63) is 29.3 Å². The van der Waals surface area contributed by atoms with Crippen molar-refractivity contribution in [3.63, 3.8) is 0 Å². The summed E-state index contributed by atoms with van der Waals surface area (Å²) in [6.45, 7) is 1.74. The maximum atomic E-state index is 11.6. The summed E-state index contributed by atoms with van der Waals surface area (Å²) in [5.74, 6) is 0.218. The Labute approximate surface area is 111 Å². The van der Waals surface area contributed by atoms with Crippen LogP contribution >= 0.6 is 0 Å². The maximum absolute atomic E-state index is 11.6. The molecule has 19 heavy (non-hydrogen) atoms. The minimum Gasteiger partial charge on any atom is -0.478 e. The first-order chi connectivity index (χ1) is 9.15. The molecule has 2 unspecified atom stereocenters. The molecule has 104 valence electrons. The predicted octanol–water partition coefficient (Wildman–Crippen LogP) is 0.969. The van der Waals surface area contributed by atoms with Gasteiger partial charge in [0, 0.05) is 0 Å². The largest absolute Gasteiger partial charge is 0.478 e. The molecule has 0 saturated heterocycles. The smallest absolute Gasteiger partial charge is 0.347 e. The third-order valence-corrected chi connectivity index (χ3v) is 3.14. The van der Waals surface area contributed by atoms with Crippen LogP contribution in [0.4, 0.5) is 0 Å². The van der Waals surface area contributed by atoms with E-state index in [1.54, 1.807) is 19.1 Å². The highest BCUT2D eigenvalue weighted by molar-refractivity contribution is 5.75. The molecule has 0 aromatic heterocycles. The van der Waals surface area contributed by atoms with Gasteiger partial charge in [-0.25, -0.2) is 4.79 Å². The summed E-state index contributed by atoms with van der Waals surface area (Å²) < 4.78 is 10.6. The number of carbonyl (C=O) groups excluding carboxylic acids is 1. The monoisotopic (exact) mass is 266 g/mol. The number of benzene rings is 1. The van der Waals surface area contributed by atoms with Crippen LogP contribution in [0.15, 0.2) is 18.2 Å². The molecule has 1 heterocycles. The summed E-state index contributed by atoms with van der Waals surface area (Å²) in [5.41, 5.74) is 1.57. The highest BCUT2D eigenvalue weighted by Gasteiger charge is 2.27. The van der Waals surface area contributed by atoms with Gasteiger partial charge in [0.25, 0.3) is 0 Å². The summed E-state index contributed by atoms with van der Waals surface area (Å²) >= 11 is 0. The van der Waals surface area contributed by atoms with Gasteiger partial charge in [0.2, 0.25) is 0 Å². The lowest BCUT2D eigenvalue weighted by atomic mass is 9.99. The van der Waals surface area contributed by atoms with E-state index < -0.39 is 12.2 Å². The Bertz CT molecular complexity index is 457. The second-order valence-electron chi connectivity index (χ2n) is 4.46. The summed E-state index contributed by atoms with van der Waals surface area (Å²) in [6.07, 6.45) is -0.201. The number of aryl methyl sites for hydroxylation is 1. The Kier molecular flexibility index (Phi) is 4.39. The number of fused-ring (bicyclic) bond motifs is 1. The SMILES string of the molecule is CCOC(=O)C1CCc2ccc(C(O)CO)cc2O1. The van der Waals surface area contributed by atoms with E-state index in [-0.39, 0.29) is 12.6 Å². The van der Waals surface area contributed by atoms with E-state index >= 15 is 0 Å². The Morgan fingerprint density at radius 3 is 3.05 bits per heavy atom. The van der Waals surface area contributed by atoms with Crippen molar-refractivity contribution >= 4 is 5.97 Å². The molecule has 1 aliphatic rings. The molecular formula is C14H18O5. The van der Waals surface area contributed by atoms with Gasteiger partial charge < -0.3 is 19.7 Å². The molecule has 2 rings (SSSR count). The van der Waals surface area contributed by atoms with Gasteiger partial charge in [0.05, 0.1) is 13.2 Å². The van der Waals surface area contributed by atoms with Gasteiger partial charge >= 0.3 is 5.97 Å². The minimum absolute atomic E-state index is 0.328. The van der Waals surface area contributed by atoms with Gasteiger partial charge in [-0.1, -0.05) is 12.1 Å². The van der Waals surface area contributed by atoms with Crippen molar-refractivity contribution in [2.24, 2.45) is 0 Å². The molecule has 5 heteroatoms. The minimum atomic E-state index is -0.933. The fourth-order valence-corrected chi connectivity index (χ4v) is 2.10. The molecule has 1 aromatic carbocycles. The average molecular weight is 266 g/mol. The van der Waals surface area contributed by atoms with E-state index in [0.29, 0.717) is 24.3 Å². The van der Waals surface area contributed by atoms with Crippen molar-refractivity contribution in [3.8, 4) is 5.75 Å². The van der Waals surface area contributed by atoms with Gasteiger partial charge in [0.1, 0.15) is 11.9 Å². The van der Waals surface area contributed by atoms with Crippen LogP contribution in [0, 0.1) is 0 Å². The van der Waals surface area contributed by atoms with E-state index in [0.717, 1.165) is 12.0 Å². The summed E-state index contributed by atoms with van der Waals surface area (Å²) in [7, 11) is 0. The lowest BCUT2D eigenvalue weighted by Crippen LogP contribution is -2.33. The van der Waals surface area contributed by atoms with Gasteiger partial charge in [-0.05, 0) is 37.0 Å². The highest BCUT2D eigenvalue weighted by Crippen LogP contribution is 2.30. The van der Waals surface area contributed by atoms with E-state index in [1.165, 1.54) is 0 Å². The summed E-state index contributed by atoms with van der Waals surface area (Å²) in [4.78, 5) is 11.6. The molecule has 0 radical (unpaired) electrons. The van der Waals surface area contributed by atoms with Crippen LogP contribution in [0.2, 0.25) is 0 Å². The number of aliphatic hydroxyl groups excluding tert-OH is 2. The lowest BCUT2D eigenvalue weighted by molar-refractivity contribution is -0.152. The molecule has 2 N–H and O–H groups in total. The molecule has 0 amide bonds. The number of aliphatic hydroxyl groups is 2. The van der Waals surface area contributed by atoms with E-state index in [9.17, 15) is 9.90 Å². The number of rotatable bonds is 4. The Morgan fingerprint density at radius 1 is 1.58 bits per heavy atom. The van der Waals surface area contributed by atoms with Crippen LogP contribution in [0.3, 0.4) is 0 Å². The zero-order valence-electron chi connectivity index (χ0n) is 10.8. The van der Waals surface area contributed by atoms with E-state index in [1.807, 2.05) is 6.07 Å². The van der Waals surface area contributed by atoms with Crippen molar-refractivity contribution in [1.29, 1.82) is 0 Å². The first-order valence-electron chi connectivity index (χ1n) is 6.40. The fourth-order valence-electron chi connectivity index (χ4n) is 2.10. The molecule has 1 aliphatic heterocycles. The molecular weight excluding hydrogens is 248 g/mol. The molecule has 5 nitrogen and oxygen atoms in total. The topological polar surface area (TPSA) is 76.0 Å². The zero-order chi connectivity index (χ0) is 13.8. The van der Waals surface area contributed by atoms with Crippen LogP contribution in [0.25, 0.3) is 0 Å². The molecule has 0 aliphatic carbocycles. The molecule has 0 fully saturated rings. The Balaban J connectivity index is 2.16. The van der Waals surface area contributed by atoms with Gasteiger partial charge in [0.15, 0.2) is 6.10 Å². The van der Waals surface area contributed by atoms with Gasteiger partial charge in [-0.2, -0.15) is 0 Å². The zero-order valence-corrected chi connectivity index (χ0v) is 10.8. The van der Waals surface area contributed by atoms with Crippen molar-refractivity contribution in [1.82, 2.24) is 0 Å². The number of carbonyl (C=O) groups is 1. The Morgan fingerprint density at radius 2 is 2.37 bits per heavy atom. The first-order valence-corrected chi connectivity index (χ1v) is 6.40. The number of esters is 1. The normalized spacial score (nSPS) is 19.2. The highest BCUT2D eigenvalue weighted by atomic mass is 16.6. The molecule has 0 bridgehead atoms. The standard InChI is InChI=1S/C14H18O5/c1-2-18-14(17)12-6-5-9-3-4-10(11(16)8-15)7-13(9)19-12/h3-4,7,11-12,15-16H,2,5-6,8H2,1H3. The lowest BCUT2D eigenvalue weighted by Gasteiger charge is -2.25. The van der Waals surface area contributed by atoms with Crippen LogP contribution in [0.1, 0.15) is 30.6 Å². The third-order valence-electron chi connectivity index (χ3n) is 3.14. The quantitative estimate of drug-likeness (QED) is 0.794. The van der Waals surface area contributed by atoms with Crippen molar-refractivity contribution in [2.45, 2.75) is 32.0 Å². The predicted molar refractivity (Wildman–Crippen MR) is 67.9 cm³/mol. The van der Waals surface area contributed by atoms with Crippen molar-refractivity contribution in [2.75, 3.05) is 13.2 Å². The van der Waals surface area contributed by atoms with Crippen molar-refractivity contribution < 1.29 is 24.5 Å². The maximum Gasteiger partial charge on any atom is 0.347 e. The average Bonchev–Trinajstić information content (AvgIpc) is 2.45. The third kappa shape index (κ3) is 3.05. The van der Waals surface area contributed by atoms with Crippen LogP contribution in [-0.2, 0) is 16.0 Å². The second-order valence-corrected chi connectivity index (χ2v) is 4.46. The molecule has 0 spiro atoms. The first kappa shape index (κ1) is 13.8. The molecule has 1 aromatic rings. The van der Waals surface area contributed by atoms with E-state index in [2.05, 4.69) is 0 Å². The molecule has 0 saturated carbocycles. The Hall–Kier alpha value is -1.59. The second kappa shape index (κ2) is 6.04. The van der Waals surface area contributed by atoms with Crippen LogP contribution < -0.4 is 4.74 Å².